The van der Waals surface area contributed by atoms with Gasteiger partial charge < -0.3 is 10.6 Å². The molecule has 0 aromatic heterocycles. The molecule has 4 atom stereocenters. The van der Waals surface area contributed by atoms with Crippen molar-refractivity contribution in [1.82, 2.24) is 10.6 Å². The van der Waals surface area contributed by atoms with E-state index in [4.69, 9.17) is 0 Å². The highest BCUT2D eigenvalue weighted by Gasteiger charge is 2.42. The zero-order valence-electron chi connectivity index (χ0n) is 11.9. The van der Waals surface area contributed by atoms with Gasteiger partial charge in [0.05, 0.1) is 5.92 Å². The van der Waals surface area contributed by atoms with Gasteiger partial charge in [0.1, 0.15) is 0 Å². The van der Waals surface area contributed by atoms with Crippen LogP contribution >= 0.6 is 0 Å². The van der Waals surface area contributed by atoms with Crippen molar-refractivity contribution in [2.24, 2.45) is 11.8 Å². The number of unbranched alkanes of at least 4 members (excludes halogenated alkanes) is 1. The average molecular weight is 252 g/mol. The Morgan fingerprint density at radius 2 is 2.22 bits per heavy atom. The van der Waals surface area contributed by atoms with Gasteiger partial charge in [0.15, 0.2) is 0 Å². The van der Waals surface area contributed by atoms with Gasteiger partial charge in [0.2, 0.25) is 5.91 Å². The van der Waals surface area contributed by atoms with Crippen LogP contribution < -0.4 is 10.6 Å². The Morgan fingerprint density at radius 3 is 2.78 bits per heavy atom. The lowest BCUT2D eigenvalue weighted by Gasteiger charge is -2.21. The lowest BCUT2D eigenvalue weighted by atomic mass is 9.88. The summed E-state index contributed by atoms with van der Waals surface area (Å²) in [7, 11) is 0. The van der Waals surface area contributed by atoms with E-state index < -0.39 is 0 Å². The predicted molar refractivity (Wildman–Crippen MR) is 74.4 cm³/mol. The molecule has 3 nitrogen and oxygen atoms in total. The first-order valence-electron chi connectivity index (χ1n) is 7.78. The van der Waals surface area contributed by atoms with Gasteiger partial charge in [-0.2, -0.15) is 0 Å². The highest BCUT2D eigenvalue weighted by Crippen LogP contribution is 2.33. The van der Waals surface area contributed by atoms with Gasteiger partial charge >= 0.3 is 0 Å². The van der Waals surface area contributed by atoms with Gasteiger partial charge in [-0.05, 0) is 31.6 Å². The maximum Gasteiger partial charge on any atom is 0.224 e. The minimum absolute atomic E-state index is 0.243. The van der Waals surface area contributed by atoms with Crippen LogP contribution in [0.15, 0.2) is 0 Å². The van der Waals surface area contributed by atoms with Crippen LogP contribution in [0.2, 0.25) is 0 Å². The number of nitrogens with one attached hydrogen (secondary N) is 2. The monoisotopic (exact) mass is 252 g/mol. The summed E-state index contributed by atoms with van der Waals surface area (Å²) in [6.07, 6.45) is 8.48. The van der Waals surface area contributed by atoms with Crippen LogP contribution in [0, 0.1) is 11.8 Å². The molecule has 0 aromatic rings. The second kappa shape index (κ2) is 6.55. The van der Waals surface area contributed by atoms with Gasteiger partial charge in [-0.1, -0.05) is 33.1 Å². The quantitative estimate of drug-likeness (QED) is 0.731. The molecule has 2 aliphatic heterocycles. The molecular weight excluding hydrogens is 224 g/mol. The number of fused-ring (bicyclic) bond motifs is 2. The second-order valence-corrected chi connectivity index (χ2v) is 6.05. The summed E-state index contributed by atoms with van der Waals surface area (Å²) in [5, 5.41) is 6.72. The Labute approximate surface area is 111 Å². The van der Waals surface area contributed by atoms with Gasteiger partial charge in [0, 0.05) is 18.6 Å². The second-order valence-electron chi connectivity index (χ2n) is 6.05. The third-order valence-electron chi connectivity index (χ3n) is 4.75. The normalized spacial score (nSPS) is 31.6. The largest absolute Gasteiger partial charge is 0.356 e. The molecule has 18 heavy (non-hydrogen) atoms. The lowest BCUT2D eigenvalue weighted by molar-refractivity contribution is -0.125. The molecule has 2 heterocycles. The first-order valence-corrected chi connectivity index (χ1v) is 7.78. The standard InChI is InChI=1S/C15H28N2O/c1-3-5-6-11(4-2)10-16-15(18)13-9-12-7-8-14(13)17-12/h11-14,17H,3-10H2,1-2H3,(H,16,18). The van der Waals surface area contributed by atoms with Crippen molar-refractivity contribution in [3.63, 3.8) is 0 Å². The van der Waals surface area contributed by atoms with Crippen molar-refractivity contribution in [3.8, 4) is 0 Å². The highest BCUT2D eigenvalue weighted by molar-refractivity contribution is 5.80. The van der Waals surface area contributed by atoms with E-state index in [1.54, 1.807) is 0 Å². The van der Waals surface area contributed by atoms with Crippen LogP contribution in [0.1, 0.15) is 58.8 Å². The molecule has 4 unspecified atom stereocenters. The summed E-state index contributed by atoms with van der Waals surface area (Å²) in [6, 6.07) is 1.08. The Hall–Kier alpha value is -0.570. The fourth-order valence-electron chi connectivity index (χ4n) is 3.43. The van der Waals surface area contributed by atoms with E-state index in [1.807, 2.05) is 0 Å². The Bertz CT molecular complexity index is 280. The lowest BCUT2D eigenvalue weighted by Crippen LogP contribution is -2.39. The van der Waals surface area contributed by atoms with Crippen molar-refractivity contribution in [2.45, 2.75) is 70.9 Å². The summed E-state index contributed by atoms with van der Waals surface area (Å²) < 4.78 is 0. The highest BCUT2D eigenvalue weighted by atomic mass is 16.1. The van der Waals surface area contributed by atoms with Crippen LogP contribution in [0.4, 0.5) is 0 Å². The van der Waals surface area contributed by atoms with E-state index in [1.165, 1.54) is 38.5 Å². The summed E-state index contributed by atoms with van der Waals surface area (Å²) in [5.74, 6) is 1.21. The topological polar surface area (TPSA) is 41.1 Å². The van der Waals surface area contributed by atoms with Crippen LogP contribution in [0.3, 0.4) is 0 Å². The summed E-state index contributed by atoms with van der Waals surface area (Å²) >= 11 is 0. The van der Waals surface area contributed by atoms with E-state index in [9.17, 15) is 4.79 Å². The third kappa shape index (κ3) is 3.25. The molecule has 0 radical (unpaired) electrons. The first kappa shape index (κ1) is 13.9. The van der Waals surface area contributed by atoms with Crippen molar-refractivity contribution < 1.29 is 4.79 Å². The average Bonchev–Trinajstić information content (AvgIpc) is 3.01. The van der Waals surface area contributed by atoms with Crippen molar-refractivity contribution >= 4 is 5.91 Å². The Balaban J connectivity index is 1.70. The molecule has 0 aliphatic carbocycles. The first-order chi connectivity index (χ1) is 8.74. The van der Waals surface area contributed by atoms with Gasteiger partial charge in [-0.3, -0.25) is 4.79 Å². The van der Waals surface area contributed by atoms with E-state index in [2.05, 4.69) is 24.5 Å². The molecule has 2 bridgehead atoms. The fraction of sp³-hybridized carbons (Fsp3) is 0.933. The molecule has 2 fully saturated rings. The number of hydrogen-bond acceptors (Lipinski definition) is 2. The summed E-state index contributed by atoms with van der Waals surface area (Å²) in [6.45, 7) is 5.33. The molecule has 2 saturated heterocycles. The Kier molecular flexibility index (Phi) is 5.04. The van der Waals surface area contributed by atoms with Crippen LogP contribution in [-0.4, -0.2) is 24.5 Å². The van der Waals surface area contributed by atoms with Gasteiger partial charge in [-0.25, -0.2) is 0 Å². The summed E-state index contributed by atoms with van der Waals surface area (Å²) in [5.41, 5.74) is 0. The van der Waals surface area contributed by atoms with Crippen molar-refractivity contribution in [1.29, 1.82) is 0 Å². The molecule has 1 amide bonds. The third-order valence-corrected chi connectivity index (χ3v) is 4.75. The van der Waals surface area contributed by atoms with Crippen molar-refractivity contribution in [2.75, 3.05) is 6.54 Å². The molecule has 3 heteroatoms. The smallest absolute Gasteiger partial charge is 0.224 e. The zero-order chi connectivity index (χ0) is 13.0. The number of carbonyl (C=O) groups excluding carboxylic acids is 1. The van der Waals surface area contributed by atoms with E-state index >= 15 is 0 Å². The van der Waals surface area contributed by atoms with E-state index in [-0.39, 0.29) is 5.92 Å². The number of carbonyl (C=O) groups is 1. The molecule has 2 N–H and O–H groups in total. The van der Waals surface area contributed by atoms with Gasteiger partial charge in [-0.15, -0.1) is 0 Å². The minimum atomic E-state index is 0.243. The number of amides is 1. The molecule has 0 aromatic carbocycles. The van der Waals surface area contributed by atoms with E-state index in [0.717, 1.165) is 13.0 Å². The maximum absolute atomic E-state index is 12.2. The fourth-order valence-corrected chi connectivity index (χ4v) is 3.43. The molecule has 104 valence electrons. The van der Waals surface area contributed by atoms with E-state index in [0.29, 0.717) is 23.9 Å². The molecule has 2 rings (SSSR count). The van der Waals surface area contributed by atoms with Gasteiger partial charge in [0.25, 0.3) is 0 Å². The molecule has 2 aliphatic rings. The molecule has 0 saturated carbocycles. The molecule has 0 spiro atoms. The number of hydrogen-bond donors (Lipinski definition) is 2. The SMILES string of the molecule is CCCCC(CC)CNC(=O)C1CC2CCC1N2. The van der Waals surface area contributed by atoms with Crippen LogP contribution in [-0.2, 0) is 4.79 Å². The van der Waals surface area contributed by atoms with Crippen molar-refractivity contribution in [3.05, 3.63) is 0 Å². The maximum atomic E-state index is 12.2. The molecular formula is C15H28N2O. The van der Waals surface area contributed by atoms with Crippen LogP contribution in [0.25, 0.3) is 0 Å². The number of rotatable bonds is 7. The summed E-state index contributed by atoms with van der Waals surface area (Å²) in [4.78, 5) is 12.2. The van der Waals surface area contributed by atoms with Crippen LogP contribution in [0.5, 0.6) is 0 Å². The predicted octanol–water partition coefficient (Wildman–Crippen LogP) is 2.46. The Morgan fingerprint density at radius 1 is 1.39 bits per heavy atom. The minimum Gasteiger partial charge on any atom is -0.356 e. The zero-order valence-corrected chi connectivity index (χ0v) is 11.9.